The number of hydrogen-bond donors (Lipinski definition) is 3. The zero-order valence-corrected chi connectivity index (χ0v) is 20.9. The van der Waals surface area contributed by atoms with Crippen molar-refractivity contribution in [3.8, 4) is 0 Å². The number of alkyl halides is 6. The molecule has 0 aliphatic heterocycles. The second-order valence-electron chi connectivity index (χ2n) is 11.4. The van der Waals surface area contributed by atoms with Crippen LogP contribution in [0.4, 0.5) is 26.3 Å². The number of rotatable bonds is 6. The fourth-order valence-corrected chi connectivity index (χ4v) is 7.00. The van der Waals surface area contributed by atoms with Gasteiger partial charge in [-0.3, -0.25) is 0 Å². The molecular weight excluding hydrogens is 486 g/mol. The third-order valence-electron chi connectivity index (χ3n) is 9.12. The van der Waals surface area contributed by atoms with Crippen molar-refractivity contribution in [2.75, 3.05) is 0 Å². The molecule has 0 aromatic rings. The molecule has 0 radical (unpaired) electrons. The lowest BCUT2D eigenvalue weighted by Gasteiger charge is -2.44. The predicted molar refractivity (Wildman–Crippen MR) is 125 cm³/mol. The Balaban J connectivity index is 1.69. The van der Waals surface area contributed by atoms with Gasteiger partial charge >= 0.3 is 12.4 Å². The number of aliphatic hydroxyl groups excluding tert-OH is 2. The van der Waals surface area contributed by atoms with E-state index in [-0.39, 0.29) is 42.4 Å². The van der Waals surface area contributed by atoms with E-state index in [1.165, 1.54) is 5.57 Å². The SMILES string of the molecule is C=C1/C(=C\C=C2/CCC[C@]3(C)C([C@@H](C)CCCC(O)(C(F)(F)F)C(F)(F)F)CC[C@@H]23)C[C@@H](O)C[C@@H]1O. The Morgan fingerprint density at radius 1 is 1.08 bits per heavy atom. The zero-order chi connectivity index (χ0) is 27.1. The standard InChI is InChI=1S/C27H38F6O3/c1-16(6-4-13-25(36,26(28,29)30)27(31,32)33)21-10-11-22-18(7-5-12-24(21,22)3)8-9-19-14-20(34)15-23(35)17(19)2/h8-9,16,20-23,34-36H,2,4-7,10-15H2,1,3H3/b18-8+,19-9-/t16-,20+,21?,22-,23-,24+/m0/s1. The van der Waals surface area contributed by atoms with Crippen LogP contribution in [0.5, 0.6) is 0 Å². The molecule has 0 aromatic carbocycles. The van der Waals surface area contributed by atoms with E-state index in [9.17, 15) is 41.7 Å². The van der Waals surface area contributed by atoms with Gasteiger partial charge in [0, 0.05) is 6.42 Å². The first-order valence-electron chi connectivity index (χ1n) is 12.8. The molecule has 0 aromatic heterocycles. The average Bonchev–Trinajstić information content (AvgIpc) is 3.11. The Bertz CT molecular complexity index is 860. The highest BCUT2D eigenvalue weighted by Gasteiger charge is 2.69. The van der Waals surface area contributed by atoms with Crippen molar-refractivity contribution >= 4 is 0 Å². The van der Waals surface area contributed by atoms with E-state index in [2.05, 4.69) is 19.6 Å². The molecule has 0 amide bonds. The molecule has 3 rings (SSSR count). The third kappa shape index (κ3) is 5.58. The fraction of sp³-hybridized carbons (Fsp3) is 0.778. The molecule has 1 unspecified atom stereocenters. The van der Waals surface area contributed by atoms with Crippen LogP contribution in [0.25, 0.3) is 0 Å². The van der Waals surface area contributed by atoms with E-state index in [0.29, 0.717) is 12.0 Å². The van der Waals surface area contributed by atoms with Gasteiger partial charge in [0.05, 0.1) is 12.2 Å². The van der Waals surface area contributed by atoms with Crippen LogP contribution >= 0.6 is 0 Å². The molecule has 0 saturated heterocycles. The molecule has 0 heterocycles. The van der Waals surface area contributed by atoms with Gasteiger partial charge in [-0.25, -0.2) is 0 Å². The van der Waals surface area contributed by atoms with E-state index in [1.54, 1.807) is 0 Å². The summed E-state index contributed by atoms with van der Waals surface area (Å²) in [5.74, 6) is 0.355. The van der Waals surface area contributed by atoms with Crippen LogP contribution in [0.3, 0.4) is 0 Å². The van der Waals surface area contributed by atoms with E-state index in [1.807, 2.05) is 13.0 Å². The van der Waals surface area contributed by atoms with Gasteiger partial charge in [-0.15, -0.1) is 0 Å². The first-order chi connectivity index (χ1) is 16.5. The number of aliphatic hydroxyl groups is 3. The summed E-state index contributed by atoms with van der Waals surface area (Å²) >= 11 is 0. The molecule has 3 fully saturated rings. The van der Waals surface area contributed by atoms with Crippen LogP contribution in [-0.2, 0) is 0 Å². The second-order valence-corrected chi connectivity index (χ2v) is 11.4. The van der Waals surface area contributed by atoms with Crippen molar-refractivity contribution in [2.45, 2.75) is 108 Å². The van der Waals surface area contributed by atoms with Crippen LogP contribution in [0.2, 0.25) is 0 Å². The lowest BCUT2D eigenvalue weighted by Crippen LogP contribution is -2.56. The summed E-state index contributed by atoms with van der Waals surface area (Å²) in [6.07, 6.45) is -5.24. The van der Waals surface area contributed by atoms with Crippen molar-refractivity contribution in [3.63, 3.8) is 0 Å². The third-order valence-corrected chi connectivity index (χ3v) is 9.12. The molecule has 6 atom stereocenters. The second kappa shape index (κ2) is 10.4. The minimum atomic E-state index is -5.77. The summed E-state index contributed by atoms with van der Waals surface area (Å²) in [4.78, 5) is 0. The Hall–Kier alpha value is -1.32. The molecule has 36 heavy (non-hydrogen) atoms. The first kappa shape index (κ1) is 29.2. The van der Waals surface area contributed by atoms with Crippen LogP contribution < -0.4 is 0 Å². The molecule has 3 aliphatic carbocycles. The van der Waals surface area contributed by atoms with E-state index in [0.717, 1.165) is 37.7 Å². The van der Waals surface area contributed by atoms with Crippen molar-refractivity contribution < 1.29 is 41.7 Å². The van der Waals surface area contributed by atoms with Crippen LogP contribution in [-0.4, -0.2) is 45.5 Å². The van der Waals surface area contributed by atoms with E-state index < -0.39 is 36.6 Å². The van der Waals surface area contributed by atoms with Gasteiger partial charge in [0.2, 0.25) is 0 Å². The maximum atomic E-state index is 13.0. The van der Waals surface area contributed by atoms with Gasteiger partial charge in [0.15, 0.2) is 0 Å². The maximum Gasteiger partial charge on any atom is 0.426 e. The minimum Gasteiger partial charge on any atom is -0.393 e. The van der Waals surface area contributed by atoms with Crippen molar-refractivity contribution in [3.05, 3.63) is 35.5 Å². The highest BCUT2D eigenvalue weighted by Crippen LogP contribution is 2.60. The summed E-state index contributed by atoms with van der Waals surface area (Å²) in [6.45, 7) is 8.03. The van der Waals surface area contributed by atoms with Crippen molar-refractivity contribution in [2.24, 2.45) is 23.2 Å². The molecule has 0 spiro atoms. The summed E-state index contributed by atoms with van der Waals surface area (Å²) in [7, 11) is 0. The largest absolute Gasteiger partial charge is 0.426 e. The first-order valence-corrected chi connectivity index (χ1v) is 12.8. The predicted octanol–water partition coefficient (Wildman–Crippen LogP) is 6.79. The molecule has 3 nitrogen and oxygen atoms in total. The minimum absolute atomic E-state index is 0.0770. The average molecular weight is 525 g/mol. The lowest BCUT2D eigenvalue weighted by atomic mass is 9.60. The summed E-state index contributed by atoms with van der Waals surface area (Å²) in [5.41, 5.74) is -2.08. The van der Waals surface area contributed by atoms with Crippen molar-refractivity contribution in [1.29, 1.82) is 0 Å². The lowest BCUT2D eigenvalue weighted by molar-refractivity contribution is -0.370. The molecule has 3 aliphatic rings. The summed E-state index contributed by atoms with van der Waals surface area (Å²) in [6, 6.07) is 0. The van der Waals surface area contributed by atoms with Crippen LogP contribution in [0.15, 0.2) is 35.5 Å². The molecule has 3 saturated carbocycles. The van der Waals surface area contributed by atoms with Crippen LogP contribution in [0, 0.1) is 23.2 Å². The normalized spacial score (nSPS) is 35.4. The Labute approximate surface area is 209 Å². The van der Waals surface area contributed by atoms with Gasteiger partial charge in [-0.05, 0) is 85.7 Å². The van der Waals surface area contributed by atoms with Gasteiger partial charge < -0.3 is 15.3 Å². The highest BCUT2D eigenvalue weighted by molar-refractivity contribution is 5.38. The Kier molecular flexibility index (Phi) is 8.48. The fourth-order valence-electron chi connectivity index (χ4n) is 7.00. The van der Waals surface area contributed by atoms with Gasteiger partial charge in [-0.1, -0.05) is 44.6 Å². The van der Waals surface area contributed by atoms with Gasteiger partial charge in [0.1, 0.15) is 0 Å². The summed E-state index contributed by atoms with van der Waals surface area (Å²) < 4.78 is 78.1. The highest BCUT2D eigenvalue weighted by atomic mass is 19.4. The quantitative estimate of drug-likeness (QED) is 0.336. The Morgan fingerprint density at radius 2 is 1.72 bits per heavy atom. The molecule has 206 valence electrons. The molecule has 0 bridgehead atoms. The molecule has 3 N–H and O–H groups in total. The molecule has 9 heteroatoms. The number of halogens is 6. The zero-order valence-electron chi connectivity index (χ0n) is 20.9. The number of hydrogen-bond acceptors (Lipinski definition) is 3. The smallest absolute Gasteiger partial charge is 0.393 e. The monoisotopic (exact) mass is 524 g/mol. The Morgan fingerprint density at radius 3 is 2.33 bits per heavy atom. The maximum absolute atomic E-state index is 13.0. The van der Waals surface area contributed by atoms with E-state index in [4.69, 9.17) is 0 Å². The van der Waals surface area contributed by atoms with Crippen LogP contribution in [0.1, 0.15) is 78.1 Å². The number of allylic oxidation sites excluding steroid dienone is 3. The van der Waals surface area contributed by atoms with Gasteiger partial charge in [0.25, 0.3) is 5.60 Å². The topological polar surface area (TPSA) is 60.7 Å². The summed E-state index contributed by atoms with van der Waals surface area (Å²) in [5, 5.41) is 29.5. The molecular formula is C27H38F6O3. The van der Waals surface area contributed by atoms with E-state index >= 15 is 0 Å². The van der Waals surface area contributed by atoms with Gasteiger partial charge in [-0.2, -0.15) is 26.3 Å². The number of fused-ring (bicyclic) bond motifs is 1. The van der Waals surface area contributed by atoms with Crippen molar-refractivity contribution in [1.82, 2.24) is 0 Å².